The highest BCUT2D eigenvalue weighted by Crippen LogP contribution is 2.37. The van der Waals surface area contributed by atoms with Crippen LogP contribution in [-0.2, 0) is 6.54 Å². The zero-order valence-electron chi connectivity index (χ0n) is 9.56. The molecule has 17 heavy (non-hydrogen) atoms. The number of nitrogens with zero attached hydrogens (tertiary/aromatic N) is 1. The molecule has 1 atom stereocenters. The Balaban J connectivity index is 2.31. The van der Waals surface area contributed by atoms with Crippen molar-refractivity contribution < 1.29 is 0 Å². The smallest absolute Gasteiger partial charge is 0.0539 e. The van der Waals surface area contributed by atoms with Gasteiger partial charge in [-0.3, -0.25) is 0 Å². The molecule has 0 aliphatic carbocycles. The fourth-order valence-electron chi connectivity index (χ4n) is 3.09. The van der Waals surface area contributed by atoms with Crippen LogP contribution in [-0.4, -0.2) is 4.57 Å². The van der Waals surface area contributed by atoms with Crippen molar-refractivity contribution in [1.29, 1.82) is 0 Å². The lowest BCUT2D eigenvalue weighted by atomic mass is 9.99. The number of nitrogens with two attached hydrogens (primary N) is 1. The molecule has 1 unspecified atom stereocenters. The summed E-state index contributed by atoms with van der Waals surface area (Å²) in [4.78, 5) is 0. The van der Waals surface area contributed by atoms with Crippen molar-refractivity contribution in [3.05, 3.63) is 48.0 Å². The zero-order valence-corrected chi connectivity index (χ0v) is 9.56. The lowest BCUT2D eigenvalue weighted by Gasteiger charge is -2.22. The first-order valence-corrected chi connectivity index (χ1v) is 6.12. The fraction of sp³-hybridized carbons (Fsp3) is 0.200. The van der Waals surface area contributed by atoms with Crippen molar-refractivity contribution in [3.63, 3.8) is 0 Å². The molecule has 2 heteroatoms. The van der Waals surface area contributed by atoms with Crippen LogP contribution in [0.2, 0.25) is 0 Å². The molecule has 0 amide bonds. The van der Waals surface area contributed by atoms with Crippen LogP contribution in [0.1, 0.15) is 18.0 Å². The average molecular weight is 222 g/mol. The van der Waals surface area contributed by atoms with E-state index in [9.17, 15) is 0 Å². The van der Waals surface area contributed by atoms with Crippen LogP contribution >= 0.6 is 0 Å². The van der Waals surface area contributed by atoms with E-state index in [1.165, 1.54) is 27.4 Å². The summed E-state index contributed by atoms with van der Waals surface area (Å²) >= 11 is 0. The number of aromatic nitrogens is 1. The predicted molar refractivity (Wildman–Crippen MR) is 71.0 cm³/mol. The van der Waals surface area contributed by atoms with Crippen LogP contribution < -0.4 is 5.73 Å². The van der Waals surface area contributed by atoms with E-state index in [0.29, 0.717) is 0 Å². The molecule has 1 aliphatic heterocycles. The van der Waals surface area contributed by atoms with Gasteiger partial charge in [-0.15, -0.1) is 0 Å². The summed E-state index contributed by atoms with van der Waals surface area (Å²) in [6.45, 7) is 1.03. The van der Waals surface area contributed by atoms with E-state index in [-0.39, 0.29) is 6.04 Å². The number of fused-ring (bicyclic) bond motifs is 3. The average Bonchev–Trinajstić information content (AvgIpc) is 2.70. The van der Waals surface area contributed by atoms with Gasteiger partial charge in [-0.2, -0.15) is 0 Å². The highest BCUT2D eigenvalue weighted by Gasteiger charge is 2.21. The molecule has 2 aromatic carbocycles. The van der Waals surface area contributed by atoms with E-state index in [4.69, 9.17) is 5.73 Å². The molecule has 2 heterocycles. The van der Waals surface area contributed by atoms with E-state index in [1.807, 2.05) is 0 Å². The van der Waals surface area contributed by atoms with Gasteiger partial charge < -0.3 is 10.3 Å². The van der Waals surface area contributed by atoms with Gasteiger partial charge in [-0.1, -0.05) is 36.4 Å². The number of rotatable bonds is 0. The van der Waals surface area contributed by atoms with Crippen LogP contribution in [0, 0.1) is 0 Å². The summed E-state index contributed by atoms with van der Waals surface area (Å²) in [5, 5.41) is 2.69. The van der Waals surface area contributed by atoms with Gasteiger partial charge in [0.25, 0.3) is 0 Å². The van der Waals surface area contributed by atoms with Crippen LogP contribution in [0.5, 0.6) is 0 Å². The van der Waals surface area contributed by atoms with Crippen LogP contribution in [0.15, 0.2) is 42.5 Å². The minimum atomic E-state index is 0.190. The molecule has 0 bridgehead atoms. The molecule has 2 nitrogen and oxygen atoms in total. The molecule has 2 N–H and O–H groups in total. The third-order valence-corrected chi connectivity index (χ3v) is 3.89. The minimum absolute atomic E-state index is 0.190. The maximum atomic E-state index is 6.21. The third-order valence-electron chi connectivity index (χ3n) is 3.89. The van der Waals surface area contributed by atoms with Gasteiger partial charge in [-0.25, -0.2) is 0 Å². The maximum Gasteiger partial charge on any atom is 0.0539 e. The predicted octanol–water partition coefficient (Wildman–Crippen LogP) is 3.20. The standard InChI is InChI=1S/C15H14N2/c16-13-8-9-17-14-7-2-1-4-10(14)11-5-3-6-12(13)15(11)17/h1-7,13H,8-9,16H2. The minimum Gasteiger partial charge on any atom is -0.340 e. The van der Waals surface area contributed by atoms with Crippen LogP contribution in [0.4, 0.5) is 0 Å². The Morgan fingerprint density at radius 1 is 1.00 bits per heavy atom. The summed E-state index contributed by atoms with van der Waals surface area (Å²) in [5.41, 5.74) is 10.2. The van der Waals surface area contributed by atoms with E-state index in [0.717, 1.165) is 13.0 Å². The largest absolute Gasteiger partial charge is 0.340 e. The first-order chi connectivity index (χ1) is 8.36. The molecule has 0 radical (unpaired) electrons. The Kier molecular flexibility index (Phi) is 1.69. The first-order valence-electron chi connectivity index (χ1n) is 6.12. The second-order valence-corrected chi connectivity index (χ2v) is 4.81. The maximum absolute atomic E-state index is 6.21. The van der Waals surface area contributed by atoms with Crippen molar-refractivity contribution in [3.8, 4) is 0 Å². The Bertz CT molecular complexity index is 724. The van der Waals surface area contributed by atoms with E-state index >= 15 is 0 Å². The monoisotopic (exact) mass is 222 g/mol. The fourth-order valence-corrected chi connectivity index (χ4v) is 3.09. The molecule has 0 saturated heterocycles. The molecule has 0 fully saturated rings. The number of aryl methyl sites for hydroxylation is 1. The van der Waals surface area contributed by atoms with Crippen LogP contribution in [0.25, 0.3) is 21.8 Å². The Morgan fingerprint density at radius 2 is 1.82 bits per heavy atom. The lowest BCUT2D eigenvalue weighted by molar-refractivity contribution is 0.555. The zero-order chi connectivity index (χ0) is 11.4. The molecule has 0 saturated carbocycles. The quantitative estimate of drug-likeness (QED) is 0.622. The van der Waals surface area contributed by atoms with E-state index in [2.05, 4.69) is 47.0 Å². The second kappa shape index (κ2) is 3.11. The normalized spacial score (nSPS) is 19.0. The van der Waals surface area contributed by atoms with Gasteiger partial charge in [-0.05, 0) is 18.1 Å². The Hall–Kier alpha value is -1.80. The van der Waals surface area contributed by atoms with Gasteiger partial charge in [0.2, 0.25) is 0 Å². The number of benzene rings is 2. The van der Waals surface area contributed by atoms with Gasteiger partial charge in [0.1, 0.15) is 0 Å². The van der Waals surface area contributed by atoms with Gasteiger partial charge in [0, 0.05) is 28.9 Å². The summed E-state index contributed by atoms with van der Waals surface area (Å²) in [6.07, 6.45) is 1.03. The van der Waals surface area contributed by atoms with Gasteiger partial charge in [0.05, 0.1) is 5.52 Å². The van der Waals surface area contributed by atoms with Crippen molar-refractivity contribution in [2.45, 2.75) is 19.0 Å². The highest BCUT2D eigenvalue weighted by molar-refractivity contribution is 6.09. The molecule has 1 aliphatic rings. The Morgan fingerprint density at radius 3 is 2.76 bits per heavy atom. The van der Waals surface area contributed by atoms with Gasteiger partial charge >= 0.3 is 0 Å². The molecular formula is C15H14N2. The van der Waals surface area contributed by atoms with Crippen LogP contribution in [0.3, 0.4) is 0 Å². The topological polar surface area (TPSA) is 30.9 Å². The van der Waals surface area contributed by atoms with Crippen molar-refractivity contribution in [2.24, 2.45) is 5.73 Å². The lowest BCUT2D eigenvalue weighted by Crippen LogP contribution is -2.19. The second-order valence-electron chi connectivity index (χ2n) is 4.81. The summed E-state index contributed by atoms with van der Waals surface area (Å²) in [6, 6.07) is 15.3. The van der Waals surface area contributed by atoms with E-state index < -0.39 is 0 Å². The third kappa shape index (κ3) is 1.08. The summed E-state index contributed by atoms with van der Waals surface area (Å²) in [7, 11) is 0. The molecule has 0 spiro atoms. The van der Waals surface area contributed by atoms with Gasteiger partial charge in [0.15, 0.2) is 0 Å². The summed E-state index contributed by atoms with van der Waals surface area (Å²) in [5.74, 6) is 0. The molecule has 3 aromatic rings. The highest BCUT2D eigenvalue weighted by atomic mass is 15.0. The SMILES string of the molecule is NC1CCn2c3ccccc3c3cccc1c32. The molecular weight excluding hydrogens is 208 g/mol. The number of hydrogen-bond donors (Lipinski definition) is 1. The number of para-hydroxylation sites is 2. The van der Waals surface area contributed by atoms with Crippen molar-refractivity contribution in [2.75, 3.05) is 0 Å². The first kappa shape index (κ1) is 9.25. The summed E-state index contributed by atoms with van der Waals surface area (Å²) < 4.78 is 2.42. The Labute approximate surface area is 99.6 Å². The number of hydrogen-bond acceptors (Lipinski definition) is 1. The molecule has 4 rings (SSSR count). The molecule has 84 valence electrons. The van der Waals surface area contributed by atoms with E-state index in [1.54, 1.807) is 0 Å². The molecule has 1 aromatic heterocycles. The van der Waals surface area contributed by atoms with Crippen molar-refractivity contribution in [1.82, 2.24) is 4.57 Å². The van der Waals surface area contributed by atoms with Crippen molar-refractivity contribution >= 4 is 21.8 Å².